The number of amides is 1. The van der Waals surface area contributed by atoms with Crippen molar-refractivity contribution < 1.29 is 9.53 Å². The first-order valence-electron chi connectivity index (χ1n) is 5.09. The number of carbonyl (C=O) groups is 1. The summed E-state index contributed by atoms with van der Waals surface area (Å²) in [6.07, 6.45) is 2.12. The van der Waals surface area contributed by atoms with E-state index in [2.05, 4.69) is 5.32 Å². The van der Waals surface area contributed by atoms with E-state index in [1.54, 1.807) is 7.11 Å². The molecule has 1 rings (SSSR count). The second kappa shape index (κ2) is 4.28. The van der Waals surface area contributed by atoms with Crippen molar-refractivity contribution in [2.24, 2.45) is 11.7 Å². The molecular weight excluding hydrogens is 180 g/mol. The highest BCUT2D eigenvalue weighted by molar-refractivity contribution is 5.85. The van der Waals surface area contributed by atoms with Gasteiger partial charge in [-0.25, -0.2) is 0 Å². The Kier molecular flexibility index (Phi) is 3.50. The van der Waals surface area contributed by atoms with Crippen LogP contribution in [0.2, 0.25) is 0 Å². The molecule has 0 radical (unpaired) electrons. The molecule has 4 nitrogen and oxygen atoms in total. The molecule has 0 saturated heterocycles. The van der Waals surface area contributed by atoms with Crippen molar-refractivity contribution in [3.8, 4) is 0 Å². The van der Waals surface area contributed by atoms with Gasteiger partial charge >= 0.3 is 0 Å². The molecule has 0 aromatic heterocycles. The lowest BCUT2D eigenvalue weighted by Gasteiger charge is -2.33. The predicted molar refractivity (Wildman–Crippen MR) is 54.8 cm³/mol. The van der Waals surface area contributed by atoms with Gasteiger partial charge in [0.15, 0.2) is 0 Å². The van der Waals surface area contributed by atoms with Crippen molar-refractivity contribution >= 4 is 5.91 Å². The zero-order chi connectivity index (χ0) is 10.8. The van der Waals surface area contributed by atoms with E-state index in [4.69, 9.17) is 10.5 Å². The van der Waals surface area contributed by atoms with Gasteiger partial charge in [-0.2, -0.15) is 0 Å². The summed E-state index contributed by atoms with van der Waals surface area (Å²) in [5.41, 5.74) is 4.82. The van der Waals surface area contributed by atoms with Gasteiger partial charge in [0, 0.05) is 13.2 Å². The monoisotopic (exact) mass is 200 g/mol. The molecule has 0 aliphatic heterocycles. The summed E-state index contributed by atoms with van der Waals surface area (Å²) in [6.45, 7) is 4.39. The summed E-state index contributed by atoms with van der Waals surface area (Å²) in [6, 6.07) is 0.234. The normalized spacial score (nSPS) is 20.9. The first kappa shape index (κ1) is 11.5. The van der Waals surface area contributed by atoms with Gasteiger partial charge in [0.1, 0.15) is 5.54 Å². The number of rotatable bonds is 6. The van der Waals surface area contributed by atoms with E-state index >= 15 is 0 Å². The Morgan fingerprint density at radius 2 is 2.21 bits per heavy atom. The van der Waals surface area contributed by atoms with Gasteiger partial charge in [0.05, 0.1) is 6.61 Å². The fourth-order valence-corrected chi connectivity index (χ4v) is 1.94. The van der Waals surface area contributed by atoms with Gasteiger partial charge in [-0.15, -0.1) is 0 Å². The van der Waals surface area contributed by atoms with Crippen molar-refractivity contribution in [2.75, 3.05) is 13.7 Å². The number of hydrogen-bond acceptors (Lipinski definition) is 3. The molecule has 0 spiro atoms. The molecule has 0 bridgehead atoms. The van der Waals surface area contributed by atoms with Gasteiger partial charge in [0.25, 0.3) is 0 Å². The first-order chi connectivity index (χ1) is 6.53. The number of carbonyl (C=O) groups excluding carboxylic acids is 1. The topological polar surface area (TPSA) is 64.3 Å². The SMILES string of the molecule is COCC(NC(C)C)(C(N)=O)C1CC1. The van der Waals surface area contributed by atoms with E-state index in [-0.39, 0.29) is 11.9 Å². The van der Waals surface area contributed by atoms with Crippen LogP contribution in [0.4, 0.5) is 0 Å². The highest BCUT2D eigenvalue weighted by Crippen LogP contribution is 2.40. The zero-order valence-electron chi connectivity index (χ0n) is 9.17. The predicted octanol–water partition coefficient (Wildman–Crippen LogP) is 0.265. The third-order valence-electron chi connectivity index (χ3n) is 2.63. The summed E-state index contributed by atoms with van der Waals surface area (Å²) in [5.74, 6) is 0.0536. The summed E-state index contributed by atoms with van der Waals surface area (Å²) in [5, 5.41) is 3.26. The van der Waals surface area contributed by atoms with Crippen LogP contribution in [0.1, 0.15) is 26.7 Å². The van der Waals surface area contributed by atoms with Gasteiger partial charge in [-0.3, -0.25) is 10.1 Å². The third kappa shape index (κ3) is 2.25. The Morgan fingerprint density at radius 3 is 2.50 bits per heavy atom. The molecule has 1 fully saturated rings. The van der Waals surface area contributed by atoms with Gasteiger partial charge < -0.3 is 10.5 Å². The molecule has 4 heteroatoms. The third-order valence-corrected chi connectivity index (χ3v) is 2.63. The van der Waals surface area contributed by atoms with E-state index < -0.39 is 5.54 Å². The van der Waals surface area contributed by atoms with Crippen LogP contribution in [0.5, 0.6) is 0 Å². The van der Waals surface area contributed by atoms with Crippen LogP contribution in [-0.2, 0) is 9.53 Å². The van der Waals surface area contributed by atoms with Crippen LogP contribution in [0.15, 0.2) is 0 Å². The smallest absolute Gasteiger partial charge is 0.240 e. The van der Waals surface area contributed by atoms with Crippen molar-refractivity contribution in [3.63, 3.8) is 0 Å². The molecule has 0 aromatic rings. The van der Waals surface area contributed by atoms with E-state index in [1.807, 2.05) is 13.8 Å². The van der Waals surface area contributed by atoms with E-state index in [0.29, 0.717) is 12.5 Å². The van der Waals surface area contributed by atoms with Crippen LogP contribution >= 0.6 is 0 Å². The van der Waals surface area contributed by atoms with Gasteiger partial charge in [-0.1, -0.05) is 0 Å². The zero-order valence-corrected chi connectivity index (χ0v) is 9.17. The second-order valence-corrected chi connectivity index (χ2v) is 4.34. The second-order valence-electron chi connectivity index (χ2n) is 4.34. The number of nitrogens with two attached hydrogens (primary N) is 1. The molecule has 1 unspecified atom stereocenters. The molecule has 14 heavy (non-hydrogen) atoms. The number of ether oxygens (including phenoxy) is 1. The lowest BCUT2D eigenvalue weighted by molar-refractivity contribution is -0.128. The lowest BCUT2D eigenvalue weighted by Crippen LogP contribution is -2.62. The summed E-state index contributed by atoms with van der Waals surface area (Å²) < 4.78 is 5.11. The maximum atomic E-state index is 11.5. The number of hydrogen-bond donors (Lipinski definition) is 2. The molecular formula is C10H20N2O2. The molecule has 0 aromatic carbocycles. The Hall–Kier alpha value is -0.610. The molecule has 1 atom stereocenters. The minimum absolute atomic E-state index is 0.234. The Balaban J connectivity index is 2.77. The van der Waals surface area contributed by atoms with E-state index in [0.717, 1.165) is 12.8 Å². The van der Waals surface area contributed by atoms with E-state index in [1.165, 1.54) is 0 Å². The molecule has 1 saturated carbocycles. The Morgan fingerprint density at radius 1 is 1.64 bits per heavy atom. The van der Waals surface area contributed by atoms with Crippen molar-refractivity contribution in [1.82, 2.24) is 5.32 Å². The average Bonchev–Trinajstić information content (AvgIpc) is 2.84. The quantitative estimate of drug-likeness (QED) is 0.646. The maximum Gasteiger partial charge on any atom is 0.240 e. The molecule has 1 aliphatic rings. The summed E-state index contributed by atoms with van der Waals surface area (Å²) in [7, 11) is 1.60. The largest absolute Gasteiger partial charge is 0.382 e. The Bertz CT molecular complexity index is 214. The van der Waals surface area contributed by atoms with Crippen LogP contribution in [0, 0.1) is 5.92 Å². The molecule has 82 valence electrons. The molecule has 1 aliphatic carbocycles. The van der Waals surface area contributed by atoms with Crippen LogP contribution in [0.25, 0.3) is 0 Å². The van der Waals surface area contributed by atoms with Gasteiger partial charge in [-0.05, 0) is 32.6 Å². The van der Waals surface area contributed by atoms with Gasteiger partial charge in [0.2, 0.25) is 5.91 Å². The van der Waals surface area contributed by atoms with Crippen LogP contribution in [-0.4, -0.2) is 31.2 Å². The minimum atomic E-state index is -0.650. The molecule has 0 heterocycles. The fraction of sp³-hybridized carbons (Fsp3) is 0.900. The number of nitrogens with one attached hydrogen (secondary N) is 1. The summed E-state index contributed by atoms with van der Waals surface area (Å²) >= 11 is 0. The minimum Gasteiger partial charge on any atom is -0.382 e. The fourth-order valence-electron chi connectivity index (χ4n) is 1.94. The molecule has 1 amide bonds. The highest BCUT2D eigenvalue weighted by atomic mass is 16.5. The average molecular weight is 200 g/mol. The number of methoxy groups -OCH3 is 1. The lowest BCUT2D eigenvalue weighted by atomic mass is 9.92. The summed E-state index contributed by atoms with van der Waals surface area (Å²) in [4.78, 5) is 11.5. The van der Waals surface area contributed by atoms with Crippen molar-refractivity contribution in [2.45, 2.75) is 38.3 Å². The van der Waals surface area contributed by atoms with Crippen molar-refractivity contribution in [3.05, 3.63) is 0 Å². The van der Waals surface area contributed by atoms with Crippen LogP contribution < -0.4 is 11.1 Å². The Labute approximate surface area is 85.2 Å². The number of primary amides is 1. The highest BCUT2D eigenvalue weighted by Gasteiger charge is 2.50. The maximum absolute atomic E-state index is 11.5. The molecule has 3 N–H and O–H groups in total. The van der Waals surface area contributed by atoms with Crippen molar-refractivity contribution in [1.29, 1.82) is 0 Å². The first-order valence-corrected chi connectivity index (χ1v) is 5.09. The van der Waals surface area contributed by atoms with E-state index in [9.17, 15) is 4.79 Å². The standard InChI is InChI=1S/C10H20N2O2/c1-7(2)12-10(6-14-3,9(11)13)8-4-5-8/h7-8,12H,4-6H2,1-3H3,(H2,11,13). The van der Waals surface area contributed by atoms with Crippen LogP contribution in [0.3, 0.4) is 0 Å².